The van der Waals surface area contributed by atoms with Crippen LogP contribution in [0.2, 0.25) is 0 Å². The van der Waals surface area contributed by atoms with Crippen LogP contribution in [-0.2, 0) is 7.05 Å². The summed E-state index contributed by atoms with van der Waals surface area (Å²) in [5.41, 5.74) is 2.64. The molecule has 1 aromatic carbocycles. The fourth-order valence-corrected chi connectivity index (χ4v) is 1.98. The van der Waals surface area contributed by atoms with E-state index in [2.05, 4.69) is 47.7 Å². The molecule has 2 aromatic rings. The molecule has 0 bridgehead atoms. The third-order valence-electron chi connectivity index (χ3n) is 3.17. The first-order valence-electron chi connectivity index (χ1n) is 5.80. The number of hydrogen-bond acceptors (Lipinski definition) is 1. The molecule has 2 heteroatoms. The molecule has 0 radical (unpaired) electrons. The van der Waals surface area contributed by atoms with Gasteiger partial charge in [-0.2, -0.15) is 0 Å². The van der Waals surface area contributed by atoms with Crippen molar-refractivity contribution < 1.29 is 0 Å². The average molecular weight is 214 g/mol. The van der Waals surface area contributed by atoms with Crippen LogP contribution >= 0.6 is 0 Å². The molecule has 0 fully saturated rings. The summed E-state index contributed by atoms with van der Waals surface area (Å²) < 4.78 is 2.07. The van der Waals surface area contributed by atoms with E-state index in [-0.39, 0.29) is 0 Å². The minimum atomic E-state index is 0.577. The van der Waals surface area contributed by atoms with Crippen molar-refractivity contribution in [3.8, 4) is 11.4 Å². The molecule has 0 amide bonds. The molecule has 0 saturated heterocycles. The molecule has 0 aliphatic heterocycles. The van der Waals surface area contributed by atoms with Crippen molar-refractivity contribution in [2.45, 2.75) is 26.2 Å². The molecule has 1 heterocycles. The Balaban J connectivity index is 2.53. The van der Waals surface area contributed by atoms with Gasteiger partial charge >= 0.3 is 0 Å². The van der Waals surface area contributed by atoms with Gasteiger partial charge in [-0.05, 0) is 17.9 Å². The number of imidazole rings is 1. The van der Waals surface area contributed by atoms with Crippen molar-refractivity contribution in [2.24, 2.45) is 7.05 Å². The Morgan fingerprint density at radius 1 is 1.31 bits per heavy atom. The molecule has 2 rings (SSSR count). The molecule has 1 unspecified atom stereocenters. The van der Waals surface area contributed by atoms with Gasteiger partial charge in [0.15, 0.2) is 0 Å². The second-order valence-corrected chi connectivity index (χ2v) is 4.26. The fraction of sp³-hybridized carbons (Fsp3) is 0.357. The first kappa shape index (κ1) is 10.9. The summed E-state index contributed by atoms with van der Waals surface area (Å²) in [4.78, 5) is 4.43. The van der Waals surface area contributed by atoms with Gasteiger partial charge in [0.1, 0.15) is 5.82 Å². The Kier molecular flexibility index (Phi) is 3.09. The molecule has 16 heavy (non-hydrogen) atoms. The van der Waals surface area contributed by atoms with E-state index in [1.807, 2.05) is 19.4 Å². The monoisotopic (exact) mass is 214 g/mol. The van der Waals surface area contributed by atoms with E-state index in [1.165, 1.54) is 11.1 Å². The Morgan fingerprint density at radius 3 is 2.69 bits per heavy atom. The lowest BCUT2D eigenvalue weighted by Crippen LogP contribution is -1.99. The minimum absolute atomic E-state index is 0.577. The summed E-state index contributed by atoms with van der Waals surface area (Å²) >= 11 is 0. The van der Waals surface area contributed by atoms with Crippen LogP contribution in [0.1, 0.15) is 31.7 Å². The zero-order valence-corrected chi connectivity index (χ0v) is 10.1. The molecule has 0 N–H and O–H groups in total. The molecule has 0 aliphatic rings. The molecule has 1 aromatic heterocycles. The highest BCUT2D eigenvalue weighted by Crippen LogP contribution is 2.29. The van der Waals surface area contributed by atoms with Crippen molar-refractivity contribution >= 4 is 0 Å². The van der Waals surface area contributed by atoms with E-state index in [9.17, 15) is 0 Å². The third-order valence-corrected chi connectivity index (χ3v) is 3.17. The van der Waals surface area contributed by atoms with Gasteiger partial charge in [0.2, 0.25) is 0 Å². The van der Waals surface area contributed by atoms with Crippen LogP contribution in [0.25, 0.3) is 11.4 Å². The van der Waals surface area contributed by atoms with Crippen LogP contribution in [0.4, 0.5) is 0 Å². The predicted octanol–water partition coefficient (Wildman–Crippen LogP) is 3.60. The number of nitrogens with zero attached hydrogens (tertiary/aromatic N) is 2. The Bertz CT molecular complexity index is 471. The normalized spacial score (nSPS) is 12.7. The molecule has 0 spiro atoms. The fourth-order valence-electron chi connectivity index (χ4n) is 1.98. The summed E-state index contributed by atoms with van der Waals surface area (Å²) in [6, 6.07) is 8.55. The van der Waals surface area contributed by atoms with Gasteiger partial charge in [-0.25, -0.2) is 4.98 Å². The van der Waals surface area contributed by atoms with Gasteiger partial charge in [-0.3, -0.25) is 0 Å². The summed E-state index contributed by atoms with van der Waals surface area (Å²) in [6.07, 6.45) is 4.99. The molecular weight excluding hydrogens is 196 g/mol. The lowest BCUT2D eigenvalue weighted by atomic mass is 9.93. The van der Waals surface area contributed by atoms with Gasteiger partial charge in [-0.15, -0.1) is 0 Å². The first-order valence-corrected chi connectivity index (χ1v) is 5.80. The minimum Gasteiger partial charge on any atom is -0.334 e. The van der Waals surface area contributed by atoms with E-state index < -0.39 is 0 Å². The quantitative estimate of drug-likeness (QED) is 0.763. The van der Waals surface area contributed by atoms with Crippen molar-refractivity contribution in [3.05, 3.63) is 42.2 Å². The largest absolute Gasteiger partial charge is 0.334 e. The smallest absolute Gasteiger partial charge is 0.139 e. The molecule has 84 valence electrons. The van der Waals surface area contributed by atoms with Crippen LogP contribution in [0.5, 0.6) is 0 Å². The lowest BCUT2D eigenvalue weighted by molar-refractivity contribution is 0.733. The summed E-state index contributed by atoms with van der Waals surface area (Å²) in [7, 11) is 2.04. The number of rotatable bonds is 3. The second-order valence-electron chi connectivity index (χ2n) is 4.26. The second kappa shape index (κ2) is 4.52. The van der Waals surface area contributed by atoms with E-state index >= 15 is 0 Å². The van der Waals surface area contributed by atoms with Crippen molar-refractivity contribution in [3.63, 3.8) is 0 Å². The highest BCUT2D eigenvalue weighted by molar-refractivity contribution is 5.61. The third kappa shape index (κ3) is 1.87. The van der Waals surface area contributed by atoms with E-state index in [4.69, 9.17) is 0 Å². The van der Waals surface area contributed by atoms with Crippen LogP contribution in [-0.4, -0.2) is 9.55 Å². The van der Waals surface area contributed by atoms with E-state index in [0.29, 0.717) is 5.92 Å². The first-order chi connectivity index (χ1) is 7.74. The maximum Gasteiger partial charge on any atom is 0.139 e. The van der Waals surface area contributed by atoms with Crippen LogP contribution in [0, 0.1) is 0 Å². The van der Waals surface area contributed by atoms with Crippen molar-refractivity contribution in [2.75, 3.05) is 0 Å². The van der Waals surface area contributed by atoms with Crippen LogP contribution < -0.4 is 0 Å². The van der Waals surface area contributed by atoms with E-state index in [1.54, 1.807) is 0 Å². The topological polar surface area (TPSA) is 17.8 Å². The molecule has 2 nitrogen and oxygen atoms in total. The molecule has 1 atom stereocenters. The average Bonchev–Trinajstić information content (AvgIpc) is 2.74. The van der Waals surface area contributed by atoms with Gasteiger partial charge in [0, 0.05) is 25.0 Å². The Hall–Kier alpha value is -1.57. The van der Waals surface area contributed by atoms with Gasteiger partial charge in [-0.1, -0.05) is 38.1 Å². The number of aryl methyl sites for hydroxylation is 1. The number of aromatic nitrogens is 2. The van der Waals surface area contributed by atoms with Crippen molar-refractivity contribution in [1.82, 2.24) is 9.55 Å². The maximum atomic E-state index is 4.43. The van der Waals surface area contributed by atoms with Gasteiger partial charge < -0.3 is 4.57 Å². The van der Waals surface area contributed by atoms with Gasteiger partial charge in [0.25, 0.3) is 0 Å². The summed E-state index contributed by atoms with van der Waals surface area (Å²) in [5.74, 6) is 1.63. The maximum absolute atomic E-state index is 4.43. The van der Waals surface area contributed by atoms with Crippen LogP contribution in [0.3, 0.4) is 0 Å². The SMILES string of the molecule is CCC(C)c1ccccc1-c1nccn1C. The molecule has 0 saturated carbocycles. The molecule has 0 aliphatic carbocycles. The number of hydrogen-bond donors (Lipinski definition) is 0. The lowest BCUT2D eigenvalue weighted by Gasteiger charge is -2.14. The highest BCUT2D eigenvalue weighted by Gasteiger charge is 2.12. The van der Waals surface area contributed by atoms with Crippen LogP contribution in [0.15, 0.2) is 36.7 Å². The predicted molar refractivity (Wildman–Crippen MR) is 67.4 cm³/mol. The standard InChI is InChI=1S/C14H18N2/c1-4-11(2)12-7-5-6-8-13(12)14-15-9-10-16(14)3/h5-11H,4H2,1-3H3. The molecular formula is C14H18N2. The van der Waals surface area contributed by atoms with E-state index in [0.717, 1.165) is 12.2 Å². The summed E-state index contributed by atoms with van der Waals surface area (Å²) in [5, 5.41) is 0. The number of benzene rings is 1. The zero-order chi connectivity index (χ0) is 11.5. The summed E-state index contributed by atoms with van der Waals surface area (Å²) in [6.45, 7) is 4.49. The van der Waals surface area contributed by atoms with Crippen molar-refractivity contribution in [1.29, 1.82) is 0 Å². The van der Waals surface area contributed by atoms with Gasteiger partial charge in [0.05, 0.1) is 0 Å². The Morgan fingerprint density at radius 2 is 2.06 bits per heavy atom. The zero-order valence-electron chi connectivity index (χ0n) is 10.1. The highest BCUT2D eigenvalue weighted by atomic mass is 15.0. The Labute approximate surface area is 97.0 Å².